The van der Waals surface area contributed by atoms with Gasteiger partial charge in [0, 0.05) is 5.56 Å². The first kappa shape index (κ1) is 14.5. The second kappa shape index (κ2) is 5.86. The van der Waals surface area contributed by atoms with Crippen molar-refractivity contribution in [1.82, 2.24) is 10.3 Å². The minimum atomic E-state index is -0.285. The average Bonchev–Trinajstić information content (AvgIpc) is 3.21. The molecule has 1 N–H and O–H groups in total. The Morgan fingerprint density at radius 1 is 1.17 bits per heavy atom. The first-order chi connectivity index (χ1) is 11.7. The molecule has 24 heavy (non-hydrogen) atoms. The molecule has 3 aromatic rings. The van der Waals surface area contributed by atoms with E-state index >= 15 is 0 Å². The van der Waals surface area contributed by atoms with Crippen LogP contribution in [0.15, 0.2) is 59.1 Å². The molecule has 0 bridgehead atoms. The molecule has 2 heterocycles. The Bertz CT molecular complexity index is 965. The molecule has 2 aromatic carbocycles. The van der Waals surface area contributed by atoms with Gasteiger partial charge in [-0.1, -0.05) is 18.2 Å². The Morgan fingerprint density at radius 2 is 2.00 bits per heavy atom. The molecule has 1 aliphatic heterocycles. The van der Waals surface area contributed by atoms with Gasteiger partial charge in [-0.3, -0.25) is 9.59 Å². The standard InChI is InChI=1S/C17H12N4O2S/c22-16-9-15(20-21(16)12-4-2-1-3-5-12)19-17(23)11-6-7-13-14(8-11)24-10-18-13/h1-8,10H,9H2,(H,19,20,23). The SMILES string of the molecule is O=C(NC1=NN(c2ccccc2)C(=O)C1)c1ccc2ncsc2c1. The highest BCUT2D eigenvalue weighted by Gasteiger charge is 2.26. The van der Waals surface area contributed by atoms with Crippen LogP contribution in [0.25, 0.3) is 10.2 Å². The summed E-state index contributed by atoms with van der Waals surface area (Å²) < 4.78 is 0.943. The number of fused-ring (bicyclic) bond motifs is 1. The molecule has 0 saturated carbocycles. The molecule has 2 amide bonds. The number of carbonyl (C=O) groups excluding carboxylic acids is 2. The van der Waals surface area contributed by atoms with Gasteiger partial charge >= 0.3 is 0 Å². The van der Waals surface area contributed by atoms with Gasteiger partial charge in [-0.15, -0.1) is 11.3 Å². The Hall–Kier alpha value is -3.06. The van der Waals surface area contributed by atoms with Crippen LogP contribution in [-0.2, 0) is 4.79 Å². The largest absolute Gasteiger partial charge is 0.308 e. The smallest absolute Gasteiger partial charge is 0.256 e. The molecular formula is C17H12N4O2S. The van der Waals surface area contributed by atoms with Crippen LogP contribution >= 0.6 is 11.3 Å². The van der Waals surface area contributed by atoms with Crippen molar-refractivity contribution in [3.8, 4) is 0 Å². The third-order valence-corrected chi connectivity index (χ3v) is 4.42. The van der Waals surface area contributed by atoms with E-state index in [9.17, 15) is 9.59 Å². The lowest BCUT2D eigenvalue weighted by Gasteiger charge is -2.10. The molecule has 0 aliphatic carbocycles. The summed E-state index contributed by atoms with van der Waals surface area (Å²) >= 11 is 1.48. The Kier molecular flexibility index (Phi) is 3.55. The Labute approximate surface area is 141 Å². The van der Waals surface area contributed by atoms with Gasteiger partial charge in [-0.2, -0.15) is 10.1 Å². The number of para-hydroxylation sites is 1. The van der Waals surface area contributed by atoms with Crippen LogP contribution in [0.3, 0.4) is 0 Å². The fraction of sp³-hybridized carbons (Fsp3) is 0.0588. The maximum atomic E-state index is 12.4. The van der Waals surface area contributed by atoms with E-state index in [0.29, 0.717) is 17.1 Å². The predicted octanol–water partition coefficient (Wildman–Crippen LogP) is 2.78. The molecule has 0 saturated heterocycles. The highest BCUT2D eigenvalue weighted by atomic mass is 32.1. The first-order valence-corrected chi connectivity index (χ1v) is 8.19. The lowest BCUT2D eigenvalue weighted by Crippen LogP contribution is -2.29. The number of aromatic nitrogens is 1. The van der Waals surface area contributed by atoms with Gasteiger partial charge in [0.25, 0.3) is 11.8 Å². The third kappa shape index (κ3) is 2.65. The highest BCUT2D eigenvalue weighted by Crippen LogP contribution is 2.21. The fourth-order valence-electron chi connectivity index (χ4n) is 2.47. The second-order valence-corrected chi connectivity index (χ2v) is 6.14. The van der Waals surface area contributed by atoms with Crippen molar-refractivity contribution in [1.29, 1.82) is 0 Å². The number of hydrazone groups is 1. The van der Waals surface area contributed by atoms with Crippen molar-refractivity contribution >= 4 is 44.9 Å². The molecule has 0 spiro atoms. The summed E-state index contributed by atoms with van der Waals surface area (Å²) in [5.74, 6) is -0.112. The van der Waals surface area contributed by atoms with Gasteiger partial charge in [-0.25, -0.2) is 4.98 Å². The van der Waals surface area contributed by atoms with Gasteiger partial charge < -0.3 is 5.32 Å². The number of anilines is 1. The zero-order chi connectivity index (χ0) is 16.5. The predicted molar refractivity (Wildman–Crippen MR) is 93.1 cm³/mol. The molecule has 6 nitrogen and oxygen atoms in total. The van der Waals surface area contributed by atoms with Crippen LogP contribution in [0.2, 0.25) is 0 Å². The van der Waals surface area contributed by atoms with Crippen LogP contribution in [0.4, 0.5) is 5.69 Å². The monoisotopic (exact) mass is 336 g/mol. The molecule has 0 unspecified atom stereocenters. The van der Waals surface area contributed by atoms with E-state index in [4.69, 9.17) is 0 Å². The van der Waals surface area contributed by atoms with E-state index in [1.165, 1.54) is 16.3 Å². The molecule has 4 rings (SSSR count). The van der Waals surface area contributed by atoms with Crippen LogP contribution in [-0.4, -0.2) is 22.6 Å². The minimum Gasteiger partial charge on any atom is -0.308 e. The Balaban J connectivity index is 1.54. The van der Waals surface area contributed by atoms with Gasteiger partial charge in [0.1, 0.15) is 5.84 Å². The summed E-state index contributed by atoms with van der Waals surface area (Å²) in [5.41, 5.74) is 3.79. The van der Waals surface area contributed by atoms with Crippen molar-refractivity contribution < 1.29 is 9.59 Å². The molecular weight excluding hydrogens is 324 g/mol. The van der Waals surface area contributed by atoms with E-state index in [1.807, 2.05) is 18.2 Å². The summed E-state index contributed by atoms with van der Waals surface area (Å²) in [6.45, 7) is 0. The number of benzene rings is 2. The zero-order valence-corrected chi connectivity index (χ0v) is 13.3. The minimum absolute atomic E-state index is 0.0729. The molecule has 0 radical (unpaired) electrons. The Morgan fingerprint density at radius 3 is 2.83 bits per heavy atom. The summed E-state index contributed by atoms with van der Waals surface area (Å²) in [7, 11) is 0. The van der Waals surface area contributed by atoms with Crippen molar-refractivity contribution in [3.63, 3.8) is 0 Å². The third-order valence-electron chi connectivity index (χ3n) is 3.63. The number of thiazole rings is 1. The molecule has 1 aliphatic rings. The van der Waals surface area contributed by atoms with Crippen molar-refractivity contribution in [2.75, 3.05) is 5.01 Å². The number of amidine groups is 1. The maximum absolute atomic E-state index is 12.4. The van der Waals surface area contributed by atoms with Gasteiger partial charge in [0.2, 0.25) is 0 Å². The lowest BCUT2D eigenvalue weighted by atomic mass is 10.2. The molecule has 118 valence electrons. The average molecular weight is 336 g/mol. The number of carbonyl (C=O) groups is 2. The maximum Gasteiger partial charge on any atom is 0.256 e. The second-order valence-electron chi connectivity index (χ2n) is 5.25. The molecule has 1 aromatic heterocycles. The van der Waals surface area contributed by atoms with E-state index in [-0.39, 0.29) is 18.2 Å². The number of nitrogens with one attached hydrogen (secondary N) is 1. The fourth-order valence-corrected chi connectivity index (χ4v) is 3.19. The van der Waals surface area contributed by atoms with Gasteiger partial charge in [0.05, 0.1) is 27.8 Å². The van der Waals surface area contributed by atoms with Crippen LogP contribution in [0, 0.1) is 0 Å². The summed E-state index contributed by atoms with van der Waals surface area (Å²) in [6, 6.07) is 14.4. The van der Waals surface area contributed by atoms with Crippen molar-refractivity contribution in [3.05, 3.63) is 59.6 Å². The van der Waals surface area contributed by atoms with E-state index in [0.717, 1.165) is 10.2 Å². The normalized spacial score (nSPS) is 14.1. The zero-order valence-electron chi connectivity index (χ0n) is 12.5. The van der Waals surface area contributed by atoms with Crippen molar-refractivity contribution in [2.24, 2.45) is 5.10 Å². The number of rotatable bonds is 2. The molecule has 7 heteroatoms. The topological polar surface area (TPSA) is 74.7 Å². The van der Waals surface area contributed by atoms with Gasteiger partial charge in [-0.05, 0) is 30.3 Å². The number of amides is 2. The van der Waals surface area contributed by atoms with Crippen LogP contribution in [0.1, 0.15) is 16.8 Å². The van der Waals surface area contributed by atoms with Crippen LogP contribution < -0.4 is 10.3 Å². The van der Waals surface area contributed by atoms with Crippen LogP contribution in [0.5, 0.6) is 0 Å². The lowest BCUT2D eigenvalue weighted by molar-refractivity contribution is -0.116. The summed E-state index contributed by atoms with van der Waals surface area (Å²) in [4.78, 5) is 28.7. The highest BCUT2D eigenvalue weighted by molar-refractivity contribution is 7.16. The number of nitrogens with zero attached hydrogens (tertiary/aromatic N) is 3. The summed E-state index contributed by atoms with van der Waals surface area (Å²) in [6.07, 6.45) is 0.0729. The van der Waals surface area contributed by atoms with E-state index in [2.05, 4.69) is 15.4 Å². The van der Waals surface area contributed by atoms with E-state index < -0.39 is 0 Å². The first-order valence-electron chi connectivity index (χ1n) is 7.31. The number of hydrogen-bond donors (Lipinski definition) is 1. The quantitative estimate of drug-likeness (QED) is 0.782. The molecule has 0 fully saturated rings. The van der Waals surface area contributed by atoms with Gasteiger partial charge in [0.15, 0.2) is 0 Å². The van der Waals surface area contributed by atoms with Crippen molar-refractivity contribution in [2.45, 2.75) is 6.42 Å². The molecule has 0 atom stereocenters. The van der Waals surface area contributed by atoms with E-state index in [1.54, 1.807) is 35.8 Å². The number of hydrogen-bond acceptors (Lipinski definition) is 5. The summed E-state index contributed by atoms with van der Waals surface area (Å²) in [5, 5.41) is 8.24.